The SMILES string of the molecule is O=c1c2cnc(N3CCc4ccccc4C3)nc2ccn1-c1cc(Cl)cc(Cl)c1. The van der Waals surface area contributed by atoms with Crippen LogP contribution >= 0.6 is 23.2 Å². The van der Waals surface area contributed by atoms with Gasteiger partial charge in [0.25, 0.3) is 5.56 Å². The summed E-state index contributed by atoms with van der Waals surface area (Å²) in [5.74, 6) is 0.634. The predicted molar refractivity (Wildman–Crippen MR) is 116 cm³/mol. The second-order valence-electron chi connectivity index (χ2n) is 7.03. The number of halogens is 2. The summed E-state index contributed by atoms with van der Waals surface area (Å²) in [4.78, 5) is 24.3. The number of benzene rings is 2. The summed E-state index contributed by atoms with van der Waals surface area (Å²) in [6.45, 7) is 1.61. The van der Waals surface area contributed by atoms with Crippen LogP contribution in [0.1, 0.15) is 11.1 Å². The van der Waals surface area contributed by atoms with Gasteiger partial charge in [0.05, 0.1) is 16.6 Å². The monoisotopic (exact) mass is 422 g/mol. The largest absolute Gasteiger partial charge is 0.336 e. The molecule has 0 saturated carbocycles. The number of hydrogen-bond acceptors (Lipinski definition) is 4. The average molecular weight is 423 g/mol. The first kappa shape index (κ1) is 18.2. The molecule has 3 heterocycles. The Kier molecular flexibility index (Phi) is 4.49. The lowest BCUT2D eigenvalue weighted by molar-refractivity contribution is 0.710. The molecule has 0 radical (unpaired) electrons. The maximum absolute atomic E-state index is 13.0. The van der Waals surface area contributed by atoms with Crippen LogP contribution < -0.4 is 10.5 Å². The highest BCUT2D eigenvalue weighted by Gasteiger charge is 2.19. The normalized spacial score (nSPS) is 13.5. The van der Waals surface area contributed by atoms with E-state index in [0.29, 0.717) is 32.6 Å². The Morgan fingerprint density at radius 1 is 0.966 bits per heavy atom. The number of rotatable bonds is 2. The van der Waals surface area contributed by atoms with Gasteiger partial charge in [0.1, 0.15) is 0 Å². The molecular weight excluding hydrogens is 407 g/mol. The van der Waals surface area contributed by atoms with Crippen molar-refractivity contribution in [2.24, 2.45) is 0 Å². The molecule has 0 saturated heterocycles. The zero-order chi connectivity index (χ0) is 20.0. The molecule has 0 amide bonds. The first-order chi connectivity index (χ1) is 14.1. The van der Waals surface area contributed by atoms with Crippen molar-refractivity contribution >= 4 is 40.1 Å². The van der Waals surface area contributed by atoms with Gasteiger partial charge in [-0.05, 0) is 41.8 Å². The van der Waals surface area contributed by atoms with Gasteiger partial charge in [0.2, 0.25) is 5.95 Å². The Labute approximate surface area is 177 Å². The van der Waals surface area contributed by atoms with Crippen LogP contribution in [0.2, 0.25) is 10.0 Å². The smallest absolute Gasteiger partial charge is 0.266 e. The van der Waals surface area contributed by atoms with E-state index in [2.05, 4.69) is 33.1 Å². The molecule has 0 fully saturated rings. The summed E-state index contributed by atoms with van der Waals surface area (Å²) in [5.41, 5.74) is 3.66. The van der Waals surface area contributed by atoms with E-state index in [0.717, 1.165) is 19.5 Å². The second kappa shape index (κ2) is 7.17. The van der Waals surface area contributed by atoms with Crippen LogP contribution in [0.4, 0.5) is 5.95 Å². The summed E-state index contributed by atoms with van der Waals surface area (Å²) >= 11 is 12.2. The maximum atomic E-state index is 13.0. The van der Waals surface area contributed by atoms with Crippen molar-refractivity contribution in [2.45, 2.75) is 13.0 Å². The molecule has 0 unspecified atom stereocenters. The summed E-state index contributed by atoms with van der Waals surface area (Å²) in [7, 11) is 0. The molecule has 144 valence electrons. The van der Waals surface area contributed by atoms with Gasteiger partial charge in [-0.1, -0.05) is 47.5 Å². The fourth-order valence-corrected chi connectivity index (χ4v) is 4.23. The lowest BCUT2D eigenvalue weighted by atomic mass is 10.0. The topological polar surface area (TPSA) is 51.0 Å². The molecule has 2 aromatic carbocycles. The maximum Gasteiger partial charge on any atom is 0.266 e. The van der Waals surface area contributed by atoms with Crippen molar-refractivity contribution in [1.29, 1.82) is 0 Å². The minimum atomic E-state index is -0.212. The molecule has 5 nitrogen and oxygen atoms in total. The Hall–Kier alpha value is -2.89. The number of fused-ring (bicyclic) bond motifs is 2. The van der Waals surface area contributed by atoms with E-state index in [9.17, 15) is 4.79 Å². The third-order valence-electron chi connectivity index (χ3n) is 5.18. The van der Waals surface area contributed by atoms with E-state index < -0.39 is 0 Å². The van der Waals surface area contributed by atoms with Crippen LogP contribution in [0.25, 0.3) is 16.6 Å². The van der Waals surface area contributed by atoms with Crippen LogP contribution in [0, 0.1) is 0 Å². The fourth-order valence-electron chi connectivity index (χ4n) is 3.72. The van der Waals surface area contributed by atoms with E-state index in [1.165, 1.54) is 15.7 Å². The minimum absolute atomic E-state index is 0.212. The fraction of sp³-hybridized carbons (Fsp3) is 0.136. The Morgan fingerprint density at radius 3 is 2.52 bits per heavy atom. The van der Waals surface area contributed by atoms with Gasteiger partial charge in [-0.25, -0.2) is 9.97 Å². The molecular formula is C22H16Cl2N4O. The molecule has 2 aromatic heterocycles. The number of pyridine rings is 1. The van der Waals surface area contributed by atoms with E-state index in [1.807, 2.05) is 12.1 Å². The van der Waals surface area contributed by atoms with Gasteiger partial charge in [0, 0.05) is 35.5 Å². The zero-order valence-electron chi connectivity index (χ0n) is 15.3. The Morgan fingerprint density at radius 2 is 1.72 bits per heavy atom. The van der Waals surface area contributed by atoms with Gasteiger partial charge in [-0.3, -0.25) is 9.36 Å². The third-order valence-corrected chi connectivity index (χ3v) is 5.61. The molecule has 0 aliphatic carbocycles. The van der Waals surface area contributed by atoms with Crippen molar-refractivity contribution in [1.82, 2.24) is 14.5 Å². The van der Waals surface area contributed by atoms with Crippen molar-refractivity contribution in [3.05, 3.63) is 92.5 Å². The van der Waals surface area contributed by atoms with Gasteiger partial charge < -0.3 is 4.90 Å². The van der Waals surface area contributed by atoms with Crippen molar-refractivity contribution < 1.29 is 0 Å². The van der Waals surface area contributed by atoms with Crippen LogP contribution in [0.3, 0.4) is 0 Å². The highest BCUT2D eigenvalue weighted by Crippen LogP contribution is 2.24. The molecule has 0 spiro atoms. The van der Waals surface area contributed by atoms with Crippen molar-refractivity contribution in [3.63, 3.8) is 0 Å². The van der Waals surface area contributed by atoms with Crippen LogP contribution in [-0.2, 0) is 13.0 Å². The van der Waals surface area contributed by atoms with E-state index in [1.54, 1.807) is 30.6 Å². The van der Waals surface area contributed by atoms with Crippen LogP contribution in [-0.4, -0.2) is 21.1 Å². The molecule has 4 aromatic rings. The lowest BCUT2D eigenvalue weighted by Gasteiger charge is -2.28. The van der Waals surface area contributed by atoms with Gasteiger partial charge in [0.15, 0.2) is 0 Å². The van der Waals surface area contributed by atoms with E-state index in [4.69, 9.17) is 23.2 Å². The quantitative estimate of drug-likeness (QED) is 0.471. The number of nitrogens with zero attached hydrogens (tertiary/aromatic N) is 4. The summed E-state index contributed by atoms with van der Waals surface area (Å²) in [6.07, 6.45) is 4.24. The number of anilines is 1. The first-order valence-electron chi connectivity index (χ1n) is 9.25. The molecule has 29 heavy (non-hydrogen) atoms. The molecule has 0 N–H and O–H groups in total. The third kappa shape index (κ3) is 3.37. The highest BCUT2D eigenvalue weighted by atomic mass is 35.5. The second-order valence-corrected chi connectivity index (χ2v) is 7.90. The molecule has 1 aliphatic heterocycles. The van der Waals surface area contributed by atoms with Gasteiger partial charge >= 0.3 is 0 Å². The lowest BCUT2D eigenvalue weighted by Crippen LogP contribution is -2.31. The zero-order valence-corrected chi connectivity index (χ0v) is 16.9. The highest BCUT2D eigenvalue weighted by molar-refractivity contribution is 6.34. The first-order valence-corrected chi connectivity index (χ1v) is 10.0. The summed E-state index contributed by atoms with van der Waals surface area (Å²) in [6, 6.07) is 15.3. The van der Waals surface area contributed by atoms with Crippen LogP contribution in [0.5, 0.6) is 0 Å². The number of aromatic nitrogens is 3. The van der Waals surface area contributed by atoms with Gasteiger partial charge in [-0.15, -0.1) is 0 Å². The summed E-state index contributed by atoms with van der Waals surface area (Å²) < 4.78 is 1.50. The summed E-state index contributed by atoms with van der Waals surface area (Å²) in [5, 5.41) is 1.39. The van der Waals surface area contributed by atoms with E-state index in [-0.39, 0.29) is 5.56 Å². The van der Waals surface area contributed by atoms with E-state index >= 15 is 0 Å². The van der Waals surface area contributed by atoms with Crippen molar-refractivity contribution in [3.8, 4) is 5.69 Å². The molecule has 7 heteroatoms. The average Bonchev–Trinajstić information content (AvgIpc) is 2.72. The van der Waals surface area contributed by atoms with Gasteiger partial charge in [-0.2, -0.15) is 0 Å². The van der Waals surface area contributed by atoms with Crippen molar-refractivity contribution in [2.75, 3.05) is 11.4 Å². The Bertz CT molecular complexity index is 1280. The standard InChI is InChI=1S/C22H16Cl2N4O/c23-16-9-17(24)11-18(10-16)28-8-6-20-19(21(28)29)12-25-22(26-20)27-7-5-14-3-1-2-4-15(14)13-27/h1-4,6,8-12H,5,7,13H2. The van der Waals surface area contributed by atoms with Crippen LogP contribution in [0.15, 0.2) is 65.7 Å². The molecule has 0 atom stereocenters. The number of hydrogen-bond donors (Lipinski definition) is 0. The molecule has 0 bridgehead atoms. The minimum Gasteiger partial charge on any atom is -0.336 e. The predicted octanol–water partition coefficient (Wildman–Crippen LogP) is 4.65. The molecule has 1 aliphatic rings. The molecule has 5 rings (SSSR count). The Balaban J connectivity index is 1.53.